The zero-order chi connectivity index (χ0) is 15.3. The summed E-state index contributed by atoms with van der Waals surface area (Å²) in [6.45, 7) is 8.95. The molecule has 0 radical (unpaired) electrons. The lowest BCUT2D eigenvalue weighted by atomic mass is 10.1. The van der Waals surface area contributed by atoms with E-state index in [1.54, 1.807) is 4.90 Å². The lowest BCUT2D eigenvalue weighted by molar-refractivity contribution is -0.138. The van der Waals surface area contributed by atoms with E-state index in [0.29, 0.717) is 13.1 Å². The SMILES string of the molecule is CCN(CC1CCCO1)C(=O)N(CC(=O)O)C(C)(C)C. The maximum absolute atomic E-state index is 12.6. The zero-order valence-electron chi connectivity index (χ0n) is 12.9. The van der Waals surface area contributed by atoms with Crippen molar-refractivity contribution in [3.05, 3.63) is 0 Å². The van der Waals surface area contributed by atoms with Gasteiger partial charge in [0.15, 0.2) is 0 Å². The molecule has 6 heteroatoms. The number of hydrogen-bond acceptors (Lipinski definition) is 3. The van der Waals surface area contributed by atoms with Gasteiger partial charge in [-0.15, -0.1) is 0 Å². The van der Waals surface area contributed by atoms with Crippen LogP contribution in [0.25, 0.3) is 0 Å². The fourth-order valence-corrected chi connectivity index (χ4v) is 2.27. The van der Waals surface area contributed by atoms with Crippen LogP contribution in [0.3, 0.4) is 0 Å². The quantitative estimate of drug-likeness (QED) is 0.836. The van der Waals surface area contributed by atoms with Crippen molar-refractivity contribution in [3.8, 4) is 0 Å². The van der Waals surface area contributed by atoms with Gasteiger partial charge in [0.05, 0.1) is 6.10 Å². The summed E-state index contributed by atoms with van der Waals surface area (Å²) in [7, 11) is 0. The topological polar surface area (TPSA) is 70.1 Å². The molecule has 1 N–H and O–H groups in total. The number of amides is 2. The molecule has 116 valence electrons. The summed E-state index contributed by atoms with van der Waals surface area (Å²) in [5.41, 5.74) is -0.528. The number of likely N-dealkylation sites (N-methyl/N-ethyl adjacent to an activating group) is 1. The van der Waals surface area contributed by atoms with Crippen LogP contribution in [-0.4, -0.2) is 64.8 Å². The molecule has 1 saturated heterocycles. The van der Waals surface area contributed by atoms with Gasteiger partial charge in [-0.05, 0) is 40.5 Å². The van der Waals surface area contributed by atoms with Crippen molar-refractivity contribution in [1.82, 2.24) is 9.80 Å². The first-order valence-electron chi connectivity index (χ1n) is 7.15. The third-order valence-corrected chi connectivity index (χ3v) is 3.43. The van der Waals surface area contributed by atoms with Crippen LogP contribution >= 0.6 is 0 Å². The second kappa shape index (κ2) is 6.92. The van der Waals surface area contributed by atoms with Crippen molar-refractivity contribution >= 4 is 12.0 Å². The summed E-state index contributed by atoms with van der Waals surface area (Å²) in [5.74, 6) is -0.999. The highest BCUT2D eigenvalue weighted by atomic mass is 16.5. The lowest BCUT2D eigenvalue weighted by Crippen LogP contribution is -2.54. The van der Waals surface area contributed by atoms with Gasteiger partial charge in [-0.1, -0.05) is 0 Å². The number of carbonyl (C=O) groups excluding carboxylic acids is 1. The molecule has 20 heavy (non-hydrogen) atoms. The summed E-state index contributed by atoms with van der Waals surface area (Å²) in [5, 5.41) is 9.00. The van der Waals surface area contributed by atoms with E-state index in [9.17, 15) is 9.59 Å². The Morgan fingerprint density at radius 3 is 2.40 bits per heavy atom. The van der Waals surface area contributed by atoms with Crippen molar-refractivity contribution < 1.29 is 19.4 Å². The van der Waals surface area contributed by atoms with Gasteiger partial charge in [0.25, 0.3) is 0 Å². The number of carboxylic acid groups (broad SMARTS) is 1. The smallest absolute Gasteiger partial charge is 0.323 e. The van der Waals surface area contributed by atoms with Gasteiger partial charge in [0, 0.05) is 25.2 Å². The average Bonchev–Trinajstić information content (AvgIpc) is 2.83. The van der Waals surface area contributed by atoms with E-state index < -0.39 is 11.5 Å². The predicted octanol–water partition coefficient (Wildman–Crippen LogP) is 1.79. The van der Waals surface area contributed by atoms with Crippen molar-refractivity contribution in [2.75, 3.05) is 26.2 Å². The molecule has 0 bridgehead atoms. The fraction of sp³-hybridized carbons (Fsp3) is 0.857. The molecule has 6 nitrogen and oxygen atoms in total. The Kier molecular flexibility index (Phi) is 5.80. The highest BCUT2D eigenvalue weighted by molar-refractivity contribution is 5.80. The van der Waals surface area contributed by atoms with Crippen LogP contribution < -0.4 is 0 Å². The Labute approximate surface area is 120 Å². The third-order valence-electron chi connectivity index (χ3n) is 3.43. The van der Waals surface area contributed by atoms with Crippen molar-refractivity contribution in [2.24, 2.45) is 0 Å². The Morgan fingerprint density at radius 1 is 1.35 bits per heavy atom. The molecule has 0 aliphatic carbocycles. The number of nitrogens with zero attached hydrogens (tertiary/aromatic N) is 2. The molecule has 2 amide bonds. The Morgan fingerprint density at radius 2 is 2.00 bits per heavy atom. The maximum Gasteiger partial charge on any atom is 0.323 e. The van der Waals surface area contributed by atoms with Crippen molar-refractivity contribution in [1.29, 1.82) is 0 Å². The van der Waals surface area contributed by atoms with Gasteiger partial charge in [-0.2, -0.15) is 0 Å². The summed E-state index contributed by atoms with van der Waals surface area (Å²) < 4.78 is 5.55. The first kappa shape index (κ1) is 16.8. The van der Waals surface area contributed by atoms with E-state index in [1.165, 1.54) is 4.90 Å². The number of ether oxygens (including phenoxy) is 1. The van der Waals surface area contributed by atoms with E-state index in [4.69, 9.17) is 9.84 Å². The van der Waals surface area contributed by atoms with Crippen LogP contribution in [-0.2, 0) is 9.53 Å². The van der Waals surface area contributed by atoms with Crippen molar-refractivity contribution in [2.45, 2.75) is 52.2 Å². The monoisotopic (exact) mass is 286 g/mol. The number of carboxylic acids is 1. The average molecular weight is 286 g/mol. The minimum absolute atomic E-state index is 0.0746. The molecule has 1 aliphatic rings. The molecule has 0 spiro atoms. The van der Waals surface area contributed by atoms with E-state index >= 15 is 0 Å². The van der Waals surface area contributed by atoms with E-state index in [1.807, 2.05) is 27.7 Å². The molecule has 0 aromatic heterocycles. The van der Waals surface area contributed by atoms with Crippen LogP contribution in [0.5, 0.6) is 0 Å². The van der Waals surface area contributed by atoms with Gasteiger partial charge < -0.3 is 19.6 Å². The van der Waals surface area contributed by atoms with E-state index in [-0.39, 0.29) is 18.7 Å². The molecule has 0 aromatic carbocycles. The summed E-state index contributed by atoms with van der Waals surface area (Å²) in [6.07, 6.45) is 2.05. The second-order valence-electron chi connectivity index (χ2n) is 6.11. The number of carbonyl (C=O) groups is 2. The van der Waals surface area contributed by atoms with E-state index in [0.717, 1.165) is 19.4 Å². The Hall–Kier alpha value is -1.30. The number of hydrogen-bond donors (Lipinski definition) is 1. The third kappa shape index (κ3) is 4.67. The highest BCUT2D eigenvalue weighted by Gasteiger charge is 2.32. The van der Waals surface area contributed by atoms with Crippen molar-refractivity contribution in [3.63, 3.8) is 0 Å². The first-order valence-corrected chi connectivity index (χ1v) is 7.15. The zero-order valence-corrected chi connectivity index (χ0v) is 12.9. The standard InChI is InChI=1S/C14H26N2O4/c1-5-15(9-11-7-6-8-20-11)13(19)16(10-12(17)18)14(2,3)4/h11H,5-10H2,1-4H3,(H,17,18). The van der Waals surface area contributed by atoms with Crippen LogP contribution in [0, 0.1) is 0 Å². The molecule has 1 atom stereocenters. The Bertz CT molecular complexity index is 346. The lowest BCUT2D eigenvalue weighted by Gasteiger charge is -2.38. The summed E-state index contributed by atoms with van der Waals surface area (Å²) >= 11 is 0. The molecular weight excluding hydrogens is 260 g/mol. The minimum atomic E-state index is -0.999. The number of urea groups is 1. The van der Waals surface area contributed by atoms with Gasteiger partial charge in [0.2, 0.25) is 0 Å². The van der Waals surface area contributed by atoms with Gasteiger partial charge >= 0.3 is 12.0 Å². The van der Waals surface area contributed by atoms with E-state index in [2.05, 4.69) is 0 Å². The minimum Gasteiger partial charge on any atom is -0.480 e. The fourth-order valence-electron chi connectivity index (χ4n) is 2.27. The Balaban J connectivity index is 2.76. The second-order valence-corrected chi connectivity index (χ2v) is 6.11. The number of rotatable bonds is 5. The molecule has 1 unspecified atom stereocenters. The molecule has 0 saturated carbocycles. The van der Waals surface area contributed by atoms with Gasteiger partial charge in [-0.3, -0.25) is 4.79 Å². The molecular formula is C14H26N2O4. The molecule has 1 aliphatic heterocycles. The predicted molar refractivity (Wildman–Crippen MR) is 75.7 cm³/mol. The number of aliphatic carboxylic acids is 1. The maximum atomic E-state index is 12.6. The molecule has 1 fully saturated rings. The van der Waals surface area contributed by atoms with Crippen LogP contribution in [0.1, 0.15) is 40.5 Å². The highest BCUT2D eigenvalue weighted by Crippen LogP contribution is 2.18. The molecule has 1 rings (SSSR count). The summed E-state index contributed by atoms with van der Waals surface area (Å²) in [4.78, 5) is 26.6. The van der Waals surface area contributed by atoms with Gasteiger partial charge in [0.1, 0.15) is 6.54 Å². The van der Waals surface area contributed by atoms with Crippen LogP contribution in [0.2, 0.25) is 0 Å². The van der Waals surface area contributed by atoms with Crippen LogP contribution in [0.15, 0.2) is 0 Å². The molecule has 1 heterocycles. The van der Waals surface area contributed by atoms with Gasteiger partial charge in [-0.25, -0.2) is 4.79 Å². The summed E-state index contributed by atoms with van der Waals surface area (Å²) in [6, 6.07) is -0.238. The molecule has 0 aromatic rings. The normalized spacial score (nSPS) is 18.9. The largest absolute Gasteiger partial charge is 0.480 e. The van der Waals surface area contributed by atoms with Crippen LogP contribution in [0.4, 0.5) is 4.79 Å². The first-order chi connectivity index (χ1) is 9.25.